The first-order valence-electron chi connectivity index (χ1n) is 6.13. The van der Waals surface area contributed by atoms with Crippen molar-refractivity contribution in [3.8, 4) is 0 Å². The van der Waals surface area contributed by atoms with Gasteiger partial charge in [-0.15, -0.1) is 0 Å². The molecule has 2 heterocycles. The fourth-order valence-electron chi connectivity index (χ4n) is 2.16. The Labute approximate surface area is 115 Å². The van der Waals surface area contributed by atoms with E-state index in [2.05, 4.69) is 21.5 Å². The van der Waals surface area contributed by atoms with Crippen molar-refractivity contribution in [2.24, 2.45) is 0 Å². The summed E-state index contributed by atoms with van der Waals surface area (Å²) < 4.78 is 1.89. The van der Waals surface area contributed by atoms with E-state index in [0.29, 0.717) is 23.5 Å². The van der Waals surface area contributed by atoms with Crippen LogP contribution in [0.3, 0.4) is 0 Å². The van der Waals surface area contributed by atoms with E-state index in [1.165, 1.54) is 0 Å². The third kappa shape index (κ3) is 1.97. The molecule has 0 aliphatic carbocycles. The van der Waals surface area contributed by atoms with Crippen LogP contribution in [0.1, 0.15) is 11.1 Å². The number of rotatable bonds is 3. The van der Waals surface area contributed by atoms with Crippen molar-refractivity contribution in [1.82, 2.24) is 19.5 Å². The molecule has 3 rings (SSSR count). The van der Waals surface area contributed by atoms with Gasteiger partial charge in [-0.05, 0) is 11.1 Å². The molecule has 0 saturated carbocycles. The number of nitrogen functional groups attached to an aromatic ring is 2. The number of nitrogens with zero attached hydrogens (tertiary/aromatic N) is 4. The minimum atomic E-state index is 0.147. The number of nitrogens with two attached hydrogens (primary N) is 2. The standard InChI is InChI=1S/C14H14N6/c1-2-9-5-3-4-6-10(9)7-20-8-17-11-12(15)18-14(16)19-13(11)20/h2-6,8H,1,7H2,(H4,15,16,18,19). The maximum Gasteiger partial charge on any atom is 0.224 e. The van der Waals surface area contributed by atoms with Crippen LogP contribution in [0.2, 0.25) is 0 Å². The normalized spacial score (nSPS) is 10.8. The highest BCUT2D eigenvalue weighted by Gasteiger charge is 2.10. The van der Waals surface area contributed by atoms with Gasteiger partial charge < -0.3 is 16.0 Å². The first-order chi connectivity index (χ1) is 9.69. The summed E-state index contributed by atoms with van der Waals surface area (Å²) in [6.07, 6.45) is 3.52. The summed E-state index contributed by atoms with van der Waals surface area (Å²) in [5, 5.41) is 0. The molecule has 0 fully saturated rings. The van der Waals surface area contributed by atoms with Crippen molar-refractivity contribution in [2.75, 3.05) is 11.5 Å². The fraction of sp³-hybridized carbons (Fsp3) is 0.0714. The molecular weight excluding hydrogens is 252 g/mol. The molecule has 3 aromatic rings. The van der Waals surface area contributed by atoms with Gasteiger partial charge in [0.15, 0.2) is 11.5 Å². The second-order valence-electron chi connectivity index (χ2n) is 4.41. The maximum absolute atomic E-state index is 5.80. The van der Waals surface area contributed by atoms with E-state index >= 15 is 0 Å². The third-order valence-electron chi connectivity index (χ3n) is 3.12. The molecule has 0 aliphatic heterocycles. The van der Waals surface area contributed by atoms with Gasteiger partial charge in [-0.2, -0.15) is 9.97 Å². The lowest BCUT2D eigenvalue weighted by Crippen LogP contribution is -2.05. The highest BCUT2D eigenvalue weighted by molar-refractivity contribution is 5.82. The zero-order chi connectivity index (χ0) is 14.1. The molecule has 0 spiro atoms. The highest BCUT2D eigenvalue weighted by atomic mass is 15.2. The van der Waals surface area contributed by atoms with Gasteiger partial charge in [0.1, 0.15) is 5.52 Å². The van der Waals surface area contributed by atoms with Crippen molar-refractivity contribution >= 4 is 29.0 Å². The Bertz CT molecular complexity index is 789. The monoisotopic (exact) mass is 266 g/mol. The number of aromatic nitrogens is 4. The van der Waals surface area contributed by atoms with E-state index in [9.17, 15) is 0 Å². The Kier molecular flexibility index (Phi) is 2.83. The fourth-order valence-corrected chi connectivity index (χ4v) is 2.16. The summed E-state index contributed by atoms with van der Waals surface area (Å²) in [6, 6.07) is 8.01. The summed E-state index contributed by atoms with van der Waals surface area (Å²) in [5.41, 5.74) is 14.8. The molecule has 0 saturated heterocycles. The average Bonchev–Trinajstić information content (AvgIpc) is 2.83. The quantitative estimate of drug-likeness (QED) is 0.752. The van der Waals surface area contributed by atoms with Gasteiger partial charge in [-0.1, -0.05) is 36.9 Å². The first-order valence-corrected chi connectivity index (χ1v) is 6.13. The van der Waals surface area contributed by atoms with Crippen molar-refractivity contribution in [2.45, 2.75) is 6.54 Å². The lowest BCUT2D eigenvalue weighted by Gasteiger charge is -2.07. The Hall–Kier alpha value is -2.89. The lowest BCUT2D eigenvalue weighted by atomic mass is 10.1. The van der Waals surface area contributed by atoms with Gasteiger partial charge in [-0.25, -0.2) is 4.98 Å². The van der Waals surface area contributed by atoms with E-state index in [1.807, 2.05) is 34.9 Å². The molecule has 100 valence electrons. The van der Waals surface area contributed by atoms with Crippen molar-refractivity contribution in [1.29, 1.82) is 0 Å². The van der Waals surface area contributed by atoms with Gasteiger partial charge in [0, 0.05) is 0 Å². The Morgan fingerprint density at radius 3 is 2.80 bits per heavy atom. The summed E-state index contributed by atoms with van der Waals surface area (Å²) in [6.45, 7) is 4.44. The van der Waals surface area contributed by atoms with Crippen molar-refractivity contribution in [3.63, 3.8) is 0 Å². The van der Waals surface area contributed by atoms with Crippen LogP contribution in [0.25, 0.3) is 17.2 Å². The largest absolute Gasteiger partial charge is 0.382 e. The second kappa shape index (κ2) is 4.65. The number of anilines is 2. The Morgan fingerprint density at radius 1 is 1.20 bits per heavy atom. The van der Waals surface area contributed by atoms with Gasteiger partial charge in [0.05, 0.1) is 12.9 Å². The number of hydrogen-bond donors (Lipinski definition) is 2. The van der Waals surface area contributed by atoms with Crippen molar-refractivity contribution < 1.29 is 0 Å². The molecular formula is C14H14N6. The summed E-state index contributed by atoms with van der Waals surface area (Å²) in [7, 11) is 0. The van der Waals surface area contributed by atoms with Crippen LogP contribution >= 0.6 is 0 Å². The van der Waals surface area contributed by atoms with E-state index in [1.54, 1.807) is 6.33 Å². The van der Waals surface area contributed by atoms with E-state index in [0.717, 1.165) is 11.1 Å². The van der Waals surface area contributed by atoms with Gasteiger partial charge in [0.2, 0.25) is 5.95 Å². The Balaban J connectivity index is 2.09. The number of hydrogen-bond acceptors (Lipinski definition) is 5. The first kappa shape index (κ1) is 12.2. The van der Waals surface area contributed by atoms with Crippen LogP contribution in [0.5, 0.6) is 0 Å². The molecule has 0 amide bonds. The minimum Gasteiger partial charge on any atom is -0.382 e. The molecule has 0 aliphatic rings. The smallest absolute Gasteiger partial charge is 0.224 e. The molecule has 6 nitrogen and oxygen atoms in total. The van der Waals surface area contributed by atoms with E-state index < -0.39 is 0 Å². The Morgan fingerprint density at radius 2 is 2.00 bits per heavy atom. The number of imidazole rings is 1. The summed E-state index contributed by atoms with van der Waals surface area (Å²) in [5.74, 6) is 0.442. The zero-order valence-corrected chi connectivity index (χ0v) is 10.8. The van der Waals surface area contributed by atoms with Crippen LogP contribution in [0.15, 0.2) is 37.2 Å². The number of benzene rings is 1. The molecule has 6 heteroatoms. The topological polar surface area (TPSA) is 95.6 Å². The molecule has 0 bridgehead atoms. The molecule has 4 N–H and O–H groups in total. The van der Waals surface area contributed by atoms with E-state index in [-0.39, 0.29) is 5.95 Å². The van der Waals surface area contributed by atoms with Crippen LogP contribution in [-0.4, -0.2) is 19.5 Å². The zero-order valence-electron chi connectivity index (χ0n) is 10.8. The van der Waals surface area contributed by atoms with Crippen LogP contribution < -0.4 is 11.5 Å². The van der Waals surface area contributed by atoms with Crippen LogP contribution in [0, 0.1) is 0 Å². The summed E-state index contributed by atoms with van der Waals surface area (Å²) >= 11 is 0. The molecule has 0 atom stereocenters. The SMILES string of the molecule is C=Cc1ccccc1Cn1cnc2c(N)nc(N)nc21. The lowest BCUT2D eigenvalue weighted by molar-refractivity contribution is 0.812. The van der Waals surface area contributed by atoms with Crippen LogP contribution in [0.4, 0.5) is 11.8 Å². The second-order valence-corrected chi connectivity index (χ2v) is 4.41. The molecule has 1 aromatic carbocycles. The molecule has 0 unspecified atom stereocenters. The average molecular weight is 266 g/mol. The summed E-state index contributed by atoms with van der Waals surface area (Å²) in [4.78, 5) is 12.4. The molecule has 20 heavy (non-hydrogen) atoms. The van der Waals surface area contributed by atoms with Gasteiger partial charge in [-0.3, -0.25) is 0 Å². The van der Waals surface area contributed by atoms with Gasteiger partial charge in [0.25, 0.3) is 0 Å². The van der Waals surface area contributed by atoms with Crippen LogP contribution in [-0.2, 0) is 6.54 Å². The maximum atomic E-state index is 5.80. The van der Waals surface area contributed by atoms with Crippen molar-refractivity contribution in [3.05, 3.63) is 48.3 Å². The molecule has 2 aromatic heterocycles. The predicted octanol–water partition coefficient (Wildman–Crippen LogP) is 1.68. The number of fused-ring (bicyclic) bond motifs is 1. The van der Waals surface area contributed by atoms with E-state index in [4.69, 9.17) is 11.5 Å². The highest BCUT2D eigenvalue weighted by Crippen LogP contribution is 2.19. The molecule has 0 radical (unpaired) electrons. The minimum absolute atomic E-state index is 0.147. The third-order valence-corrected chi connectivity index (χ3v) is 3.12. The van der Waals surface area contributed by atoms with Gasteiger partial charge >= 0.3 is 0 Å². The predicted molar refractivity (Wildman–Crippen MR) is 79.8 cm³/mol.